The van der Waals surface area contributed by atoms with E-state index in [0.29, 0.717) is 41.8 Å². The number of aromatic nitrogens is 2. The van der Waals surface area contributed by atoms with Gasteiger partial charge in [0.15, 0.2) is 5.82 Å². The number of sulfonamides is 1. The predicted octanol–water partition coefficient (Wildman–Crippen LogP) is 2.61. The summed E-state index contributed by atoms with van der Waals surface area (Å²) in [5, 5.41) is 6.99. The molecule has 1 saturated carbocycles. The van der Waals surface area contributed by atoms with Gasteiger partial charge in [0.2, 0.25) is 15.9 Å². The van der Waals surface area contributed by atoms with Crippen molar-refractivity contribution in [1.82, 2.24) is 15.5 Å². The maximum Gasteiger partial charge on any atom is 0.252 e. The van der Waals surface area contributed by atoms with Crippen LogP contribution in [0.5, 0.6) is 0 Å². The molecule has 1 aromatic carbocycles. The Morgan fingerprint density at radius 3 is 2.75 bits per heavy atom. The molecular weight excluding hydrogens is 380 g/mol. The number of rotatable bonds is 6. The first-order valence-corrected chi connectivity index (χ1v) is 11.2. The van der Waals surface area contributed by atoms with Crippen LogP contribution in [-0.4, -0.2) is 36.8 Å². The quantitative estimate of drug-likeness (QED) is 0.793. The lowest BCUT2D eigenvalue weighted by molar-refractivity contribution is 0.0914. The molecule has 4 rings (SSSR count). The van der Waals surface area contributed by atoms with Gasteiger partial charge in [0.25, 0.3) is 5.91 Å². The van der Waals surface area contributed by atoms with Crippen LogP contribution in [0.25, 0.3) is 0 Å². The Hall–Kier alpha value is -2.42. The third-order valence-electron chi connectivity index (χ3n) is 5.11. The van der Waals surface area contributed by atoms with Crippen molar-refractivity contribution >= 4 is 21.6 Å². The van der Waals surface area contributed by atoms with Crippen molar-refractivity contribution in [3.05, 3.63) is 41.5 Å². The van der Waals surface area contributed by atoms with E-state index in [4.69, 9.17) is 4.52 Å². The number of anilines is 1. The summed E-state index contributed by atoms with van der Waals surface area (Å²) in [6.07, 6.45) is 2.74. The van der Waals surface area contributed by atoms with Crippen molar-refractivity contribution in [2.45, 2.75) is 45.1 Å². The average molecular weight is 404 g/mol. The van der Waals surface area contributed by atoms with E-state index in [1.54, 1.807) is 24.3 Å². The zero-order valence-corrected chi connectivity index (χ0v) is 16.8. The highest BCUT2D eigenvalue weighted by Gasteiger charge is 2.32. The summed E-state index contributed by atoms with van der Waals surface area (Å²) in [5.74, 6) is 1.38. The summed E-state index contributed by atoms with van der Waals surface area (Å²) in [6.45, 7) is 4.38. The second-order valence-corrected chi connectivity index (χ2v) is 9.77. The largest absolute Gasteiger partial charge is 0.340 e. The number of nitrogens with one attached hydrogen (secondary N) is 1. The van der Waals surface area contributed by atoms with E-state index in [-0.39, 0.29) is 17.6 Å². The second-order valence-electron chi connectivity index (χ2n) is 7.75. The van der Waals surface area contributed by atoms with Crippen LogP contribution in [0.2, 0.25) is 0 Å². The number of nitrogens with zero attached hydrogens (tertiary/aromatic N) is 3. The van der Waals surface area contributed by atoms with Crippen molar-refractivity contribution < 1.29 is 17.7 Å². The van der Waals surface area contributed by atoms with Gasteiger partial charge in [-0.1, -0.05) is 25.1 Å². The smallest absolute Gasteiger partial charge is 0.252 e. The van der Waals surface area contributed by atoms with Crippen molar-refractivity contribution in [3.8, 4) is 0 Å². The van der Waals surface area contributed by atoms with Crippen LogP contribution < -0.4 is 9.62 Å². The number of hydrogen-bond donors (Lipinski definition) is 1. The third-order valence-corrected chi connectivity index (χ3v) is 6.98. The van der Waals surface area contributed by atoms with Crippen molar-refractivity contribution in [2.75, 3.05) is 16.6 Å². The molecule has 150 valence electrons. The molecule has 1 N–H and O–H groups in total. The molecule has 1 unspecified atom stereocenters. The highest BCUT2D eigenvalue weighted by atomic mass is 32.2. The highest BCUT2D eigenvalue weighted by Crippen LogP contribution is 2.38. The lowest BCUT2D eigenvalue weighted by atomic mass is 10.0. The SMILES string of the molecule is CC(C)C(NC(=O)c1cccc(N2CCCS2(=O)=O)c1)c1nc(C2CC2)no1. The second kappa shape index (κ2) is 7.20. The lowest BCUT2D eigenvalue weighted by Crippen LogP contribution is -2.32. The van der Waals surface area contributed by atoms with Crippen molar-refractivity contribution in [2.24, 2.45) is 5.92 Å². The first-order chi connectivity index (χ1) is 13.3. The molecule has 2 fully saturated rings. The van der Waals surface area contributed by atoms with Crippen LogP contribution in [0.1, 0.15) is 67.1 Å². The van der Waals surface area contributed by atoms with Gasteiger partial charge in [0.05, 0.1) is 11.4 Å². The standard InChI is InChI=1S/C19H24N4O4S/c1-12(2)16(19-21-17(22-27-19)13-7-8-13)20-18(24)14-5-3-6-15(11-14)23-9-4-10-28(23,25)26/h3,5-6,11-13,16H,4,7-10H2,1-2H3,(H,20,24). The molecule has 1 aliphatic heterocycles. The average Bonchev–Trinajstić information content (AvgIpc) is 3.28. The van der Waals surface area contributed by atoms with E-state index in [0.717, 1.165) is 12.8 Å². The van der Waals surface area contributed by atoms with Crippen molar-refractivity contribution in [3.63, 3.8) is 0 Å². The molecule has 1 saturated heterocycles. The molecule has 0 bridgehead atoms. The monoisotopic (exact) mass is 404 g/mol. The minimum Gasteiger partial charge on any atom is -0.340 e. The Labute approximate surface area is 164 Å². The lowest BCUT2D eigenvalue weighted by Gasteiger charge is -2.20. The van der Waals surface area contributed by atoms with Gasteiger partial charge in [-0.15, -0.1) is 0 Å². The first-order valence-electron chi connectivity index (χ1n) is 9.60. The fourth-order valence-corrected chi connectivity index (χ4v) is 4.91. The van der Waals surface area contributed by atoms with Crippen LogP contribution in [0.4, 0.5) is 5.69 Å². The zero-order chi connectivity index (χ0) is 19.9. The van der Waals surface area contributed by atoms with Crippen LogP contribution in [0.15, 0.2) is 28.8 Å². The number of hydrogen-bond acceptors (Lipinski definition) is 6. The van der Waals surface area contributed by atoms with E-state index in [9.17, 15) is 13.2 Å². The van der Waals surface area contributed by atoms with Gasteiger partial charge in [-0.3, -0.25) is 9.10 Å². The summed E-state index contributed by atoms with van der Waals surface area (Å²) in [4.78, 5) is 17.3. The maximum absolute atomic E-state index is 12.8. The minimum atomic E-state index is -3.29. The van der Waals surface area contributed by atoms with Crippen LogP contribution in [0, 0.1) is 5.92 Å². The summed E-state index contributed by atoms with van der Waals surface area (Å²) in [5.41, 5.74) is 0.909. The van der Waals surface area contributed by atoms with E-state index in [2.05, 4.69) is 15.5 Å². The van der Waals surface area contributed by atoms with E-state index in [1.165, 1.54) is 4.31 Å². The Bertz CT molecular complexity index is 981. The van der Waals surface area contributed by atoms with Gasteiger partial charge in [0, 0.05) is 18.0 Å². The van der Waals surface area contributed by atoms with Gasteiger partial charge in [0.1, 0.15) is 6.04 Å². The van der Waals surface area contributed by atoms with Gasteiger partial charge in [-0.2, -0.15) is 4.98 Å². The van der Waals surface area contributed by atoms with E-state index >= 15 is 0 Å². The first kappa shape index (κ1) is 18.9. The summed E-state index contributed by atoms with van der Waals surface area (Å²) < 4.78 is 31.1. The molecule has 1 aromatic heterocycles. The summed E-state index contributed by atoms with van der Waals surface area (Å²) in [6, 6.07) is 6.27. The van der Waals surface area contributed by atoms with Gasteiger partial charge < -0.3 is 9.84 Å². The molecule has 9 heteroatoms. The number of amides is 1. The molecule has 2 heterocycles. The molecular formula is C19H24N4O4S. The fourth-order valence-electron chi connectivity index (χ4n) is 3.35. The normalized spacial score (nSPS) is 19.8. The Morgan fingerprint density at radius 1 is 1.32 bits per heavy atom. The molecule has 0 spiro atoms. The Morgan fingerprint density at radius 2 is 2.11 bits per heavy atom. The molecule has 28 heavy (non-hydrogen) atoms. The predicted molar refractivity (Wildman–Crippen MR) is 104 cm³/mol. The van der Waals surface area contributed by atoms with Crippen LogP contribution in [-0.2, 0) is 10.0 Å². The Kier molecular flexibility index (Phi) is 4.86. The van der Waals surface area contributed by atoms with E-state index < -0.39 is 16.1 Å². The summed E-state index contributed by atoms with van der Waals surface area (Å²) >= 11 is 0. The fraction of sp³-hybridized carbons (Fsp3) is 0.526. The number of benzene rings is 1. The van der Waals surface area contributed by atoms with E-state index in [1.807, 2.05) is 13.8 Å². The van der Waals surface area contributed by atoms with Crippen molar-refractivity contribution in [1.29, 1.82) is 0 Å². The molecule has 2 aliphatic rings. The topological polar surface area (TPSA) is 105 Å². The molecule has 8 nitrogen and oxygen atoms in total. The molecule has 1 aliphatic carbocycles. The number of carbonyl (C=O) groups is 1. The third kappa shape index (κ3) is 3.76. The molecule has 1 amide bonds. The molecule has 2 aromatic rings. The Balaban J connectivity index is 1.53. The number of carbonyl (C=O) groups excluding carboxylic acids is 1. The highest BCUT2D eigenvalue weighted by molar-refractivity contribution is 7.93. The van der Waals surface area contributed by atoms with Crippen LogP contribution in [0.3, 0.4) is 0 Å². The van der Waals surface area contributed by atoms with Crippen LogP contribution >= 0.6 is 0 Å². The zero-order valence-electron chi connectivity index (χ0n) is 16.0. The van der Waals surface area contributed by atoms with Gasteiger partial charge in [-0.05, 0) is 43.4 Å². The minimum absolute atomic E-state index is 0.0543. The maximum atomic E-state index is 12.8. The molecule has 1 atom stereocenters. The summed E-state index contributed by atoms with van der Waals surface area (Å²) in [7, 11) is -3.29. The van der Waals surface area contributed by atoms with Gasteiger partial charge in [-0.25, -0.2) is 8.42 Å². The van der Waals surface area contributed by atoms with Gasteiger partial charge >= 0.3 is 0 Å². The molecule has 0 radical (unpaired) electrons.